The number of carbonyl (C=O) groups excluding carboxylic acids is 1. The predicted molar refractivity (Wildman–Crippen MR) is 93.3 cm³/mol. The summed E-state index contributed by atoms with van der Waals surface area (Å²) in [4.78, 5) is 11.8. The van der Waals surface area contributed by atoms with Gasteiger partial charge in [0.25, 0.3) is 15.9 Å². The van der Waals surface area contributed by atoms with Gasteiger partial charge in [-0.05, 0) is 43.3 Å². The second-order valence-electron chi connectivity index (χ2n) is 4.84. The van der Waals surface area contributed by atoms with Crippen LogP contribution in [0.4, 0.5) is 5.69 Å². The van der Waals surface area contributed by atoms with E-state index in [1.165, 1.54) is 31.4 Å². The van der Waals surface area contributed by atoms with Crippen molar-refractivity contribution in [3.8, 4) is 5.75 Å². The standard InChI is InChI=1S/C16H17ClN2O4S/c1-3-18-16(20)11-5-4-6-13(9-11)24(21,22)19-14-10-12(17)7-8-15(14)23-2/h4-10,19H,3H2,1-2H3,(H,18,20). The van der Waals surface area contributed by atoms with E-state index in [1.54, 1.807) is 25.1 Å². The van der Waals surface area contributed by atoms with Gasteiger partial charge in [0.15, 0.2) is 0 Å². The molecule has 0 aromatic heterocycles. The van der Waals surface area contributed by atoms with Gasteiger partial charge in [0.2, 0.25) is 0 Å². The predicted octanol–water partition coefficient (Wildman–Crippen LogP) is 2.90. The molecule has 0 aliphatic heterocycles. The van der Waals surface area contributed by atoms with E-state index in [1.807, 2.05) is 0 Å². The van der Waals surface area contributed by atoms with Crippen molar-refractivity contribution in [1.82, 2.24) is 5.32 Å². The number of hydrogen-bond donors (Lipinski definition) is 2. The SMILES string of the molecule is CCNC(=O)c1cccc(S(=O)(=O)Nc2cc(Cl)ccc2OC)c1. The molecule has 0 aliphatic carbocycles. The number of rotatable bonds is 6. The minimum atomic E-state index is -3.90. The van der Waals surface area contributed by atoms with E-state index in [9.17, 15) is 13.2 Å². The third kappa shape index (κ3) is 4.18. The number of halogens is 1. The fraction of sp³-hybridized carbons (Fsp3) is 0.188. The highest BCUT2D eigenvalue weighted by atomic mass is 35.5. The smallest absolute Gasteiger partial charge is 0.262 e. The number of nitrogens with one attached hydrogen (secondary N) is 2. The second kappa shape index (κ2) is 7.55. The van der Waals surface area contributed by atoms with Gasteiger partial charge in [0.05, 0.1) is 17.7 Å². The molecule has 2 aromatic carbocycles. The van der Waals surface area contributed by atoms with Gasteiger partial charge in [-0.15, -0.1) is 0 Å². The summed E-state index contributed by atoms with van der Waals surface area (Å²) in [5.74, 6) is -0.00209. The molecule has 0 atom stereocenters. The normalized spacial score (nSPS) is 11.0. The van der Waals surface area contributed by atoms with Crippen molar-refractivity contribution in [2.45, 2.75) is 11.8 Å². The van der Waals surface area contributed by atoms with Crippen LogP contribution in [-0.2, 0) is 10.0 Å². The summed E-state index contributed by atoms with van der Waals surface area (Å²) in [6.45, 7) is 2.24. The molecule has 0 bridgehead atoms. The van der Waals surface area contributed by atoms with Crippen molar-refractivity contribution in [3.63, 3.8) is 0 Å². The Bertz CT molecular complexity index is 853. The highest BCUT2D eigenvalue weighted by Gasteiger charge is 2.18. The first-order valence-electron chi connectivity index (χ1n) is 7.12. The fourth-order valence-electron chi connectivity index (χ4n) is 2.03. The van der Waals surface area contributed by atoms with Crippen molar-refractivity contribution in [3.05, 3.63) is 53.1 Å². The lowest BCUT2D eigenvalue weighted by molar-refractivity contribution is 0.0955. The van der Waals surface area contributed by atoms with Gasteiger partial charge >= 0.3 is 0 Å². The minimum Gasteiger partial charge on any atom is -0.495 e. The lowest BCUT2D eigenvalue weighted by atomic mass is 10.2. The quantitative estimate of drug-likeness (QED) is 0.821. The highest BCUT2D eigenvalue weighted by molar-refractivity contribution is 7.92. The van der Waals surface area contributed by atoms with Gasteiger partial charge in [0, 0.05) is 17.1 Å². The van der Waals surface area contributed by atoms with Crippen LogP contribution in [0, 0.1) is 0 Å². The molecule has 0 unspecified atom stereocenters. The van der Waals surface area contributed by atoms with Crippen LogP contribution in [0.2, 0.25) is 5.02 Å². The largest absolute Gasteiger partial charge is 0.495 e. The first-order valence-corrected chi connectivity index (χ1v) is 8.98. The van der Waals surface area contributed by atoms with E-state index in [0.717, 1.165) is 0 Å². The van der Waals surface area contributed by atoms with Crippen LogP contribution in [-0.4, -0.2) is 28.0 Å². The maximum absolute atomic E-state index is 12.6. The number of anilines is 1. The molecular weight excluding hydrogens is 352 g/mol. The molecule has 0 fully saturated rings. The zero-order valence-electron chi connectivity index (χ0n) is 13.2. The van der Waals surface area contributed by atoms with Gasteiger partial charge in [-0.1, -0.05) is 17.7 Å². The van der Waals surface area contributed by atoms with Crippen molar-refractivity contribution in [2.24, 2.45) is 0 Å². The Labute approximate surface area is 145 Å². The number of sulfonamides is 1. The van der Waals surface area contributed by atoms with Crippen LogP contribution in [0.5, 0.6) is 5.75 Å². The molecule has 2 aromatic rings. The van der Waals surface area contributed by atoms with Crippen LogP contribution in [0.3, 0.4) is 0 Å². The molecule has 2 rings (SSSR count). The maximum atomic E-state index is 12.6. The van der Waals surface area contributed by atoms with Crippen LogP contribution in [0.15, 0.2) is 47.4 Å². The number of methoxy groups -OCH3 is 1. The number of amides is 1. The lowest BCUT2D eigenvalue weighted by Crippen LogP contribution is -2.23. The first kappa shape index (κ1) is 18.1. The molecular formula is C16H17ClN2O4S. The average Bonchev–Trinajstić information content (AvgIpc) is 2.55. The topological polar surface area (TPSA) is 84.5 Å². The Morgan fingerprint density at radius 1 is 1.21 bits per heavy atom. The molecule has 0 radical (unpaired) electrons. The Morgan fingerprint density at radius 3 is 2.62 bits per heavy atom. The van der Waals surface area contributed by atoms with E-state index < -0.39 is 10.0 Å². The second-order valence-corrected chi connectivity index (χ2v) is 6.96. The minimum absolute atomic E-state index is 0.0340. The summed E-state index contributed by atoms with van der Waals surface area (Å²) in [5.41, 5.74) is 0.478. The third-order valence-electron chi connectivity index (χ3n) is 3.15. The summed E-state index contributed by atoms with van der Waals surface area (Å²) in [6.07, 6.45) is 0. The summed E-state index contributed by atoms with van der Waals surface area (Å²) >= 11 is 5.91. The van der Waals surface area contributed by atoms with Gasteiger partial charge in [-0.3, -0.25) is 9.52 Å². The molecule has 6 nitrogen and oxygen atoms in total. The van der Waals surface area contributed by atoms with E-state index in [0.29, 0.717) is 17.3 Å². The van der Waals surface area contributed by atoms with E-state index in [-0.39, 0.29) is 22.1 Å². The molecule has 128 valence electrons. The van der Waals surface area contributed by atoms with Crippen molar-refractivity contribution >= 4 is 33.2 Å². The Hall–Kier alpha value is -2.25. The number of benzene rings is 2. The van der Waals surface area contributed by atoms with Crippen LogP contribution in [0.25, 0.3) is 0 Å². The zero-order valence-corrected chi connectivity index (χ0v) is 14.7. The van der Waals surface area contributed by atoms with Gasteiger partial charge < -0.3 is 10.1 Å². The lowest BCUT2D eigenvalue weighted by Gasteiger charge is -2.13. The summed E-state index contributed by atoms with van der Waals surface area (Å²) in [7, 11) is -2.47. The Morgan fingerprint density at radius 2 is 1.96 bits per heavy atom. The van der Waals surface area contributed by atoms with Crippen LogP contribution >= 0.6 is 11.6 Å². The molecule has 2 N–H and O–H groups in total. The van der Waals surface area contributed by atoms with Gasteiger partial charge in [-0.2, -0.15) is 0 Å². The summed E-state index contributed by atoms with van der Waals surface area (Å²) < 4.78 is 32.7. The third-order valence-corrected chi connectivity index (χ3v) is 4.75. The Balaban J connectivity index is 2.36. The van der Waals surface area contributed by atoms with Crippen molar-refractivity contribution in [1.29, 1.82) is 0 Å². The highest BCUT2D eigenvalue weighted by Crippen LogP contribution is 2.29. The molecule has 0 saturated carbocycles. The summed E-state index contributed by atoms with van der Waals surface area (Å²) in [6, 6.07) is 10.4. The zero-order chi connectivity index (χ0) is 17.7. The van der Waals surface area contributed by atoms with E-state index in [4.69, 9.17) is 16.3 Å². The van der Waals surface area contributed by atoms with Gasteiger partial charge in [0.1, 0.15) is 5.75 Å². The molecule has 8 heteroatoms. The van der Waals surface area contributed by atoms with Crippen molar-refractivity contribution < 1.29 is 17.9 Å². The number of carbonyl (C=O) groups is 1. The molecule has 0 spiro atoms. The van der Waals surface area contributed by atoms with Crippen LogP contribution in [0.1, 0.15) is 17.3 Å². The van der Waals surface area contributed by atoms with E-state index >= 15 is 0 Å². The molecule has 0 heterocycles. The maximum Gasteiger partial charge on any atom is 0.262 e. The van der Waals surface area contributed by atoms with E-state index in [2.05, 4.69) is 10.0 Å². The molecule has 24 heavy (non-hydrogen) atoms. The van der Waals surface area contributed by atoms with Crippen molar-refractivity contribution in [2.75, 3.05) is 18.4 Å². The number of ether oxygens (including phenoxy) is 1. The van der Waals surface area contributed by atoms with Crippen LogP contribution < -0.4 is 14.8 Å². The molecule has 0 saturated heterocycles. The monoisotopic (exact) mass is 368 g/mol. The molecule has 1 amide bonds. The Kier molecular flexibility index (Phi) is 5.69. The average molecular weight is 369 g/mol. The summed E-state index contributed by atoms with van der Waals surface area (Å²) in [5, 5.41) is 2.99. The van der Waals surface area contributed by atoms with Gasteiger partial charge in [-0.25, -0.2) is 8.42 Å². The first-order chi connectivity index (χ1) is 11.4. The fourth-order valence-corrected chi connectivity index (χ4v) is 3.31. The molecule has 0 aliphatic rings. The number of hydrogen-bond acceptors (Lipinski definition) is 4.